The Balaban J connectivity index is 1.35. The fraction of sp³-hybridized carbons (Fsp3) is 0.308. The van der Waals surface area contributed by atoms with Gasteiger partial charge in [0.1, 0.15) is 12.3 Å². The number of hydrogen-bond acceptors (Lipinski definition) is 5. The number of aryl methyl sites for hydroxylation is 1. The zero-order valence-electron chi connectivity index (χ0n) is 19.7. The molecule has 0 saturated carbocycles. The van der Waals surface area contributed by atoms with Crippen LogP contribution in [-0.4, -0.2) is 46.0 Å². The first-order valence-corrected chi connectivity index (χ1v) is 11.5. The molecule has 1 aliphatic carbocycles. The number of amides is 2. The summed E-state index contributed by atoms with van der Waals surface area (Å²) in [6, 6.07) is 17.6. The summed E-state index contributed by atoms with van der Waals surface area (Å²) in [5.74, 6) is -1.34. The monoisotopic (exact) mass is 476 g/mol. The van der Waals surface area contributed by atoms with Gasteiger partial charge in [0.15, 0.2) is 5.82 Å². The van der Waals surface area contributed by atoms with E-state index in [2.05, 4.69) is 27.9 Å². The van der Waals surface area contributed by atoms with Crippen molar-refractivity contribution < 1.29 is 24.2 Å². The van der Waals surface area contributed by atoms with E-state index in [1.54, 1.807) is 7.05 Å². The van der Waals surface area contributed by atoms with Crippen LogP contribution in [0.3, 0.4) is 0 Å². The summed E-state index contributed by atoms with van der Waals surface area (Å²) in [6.07, 6.45) is -0.0482. The zero-order chi connectivity index (χ0) is 24.9. The van der Waals surface area contributed by atoms with Crippen LogP contribution >= 0.6 is 0 Å². The Morgan fingerprint density at radius 3 is 2.31 bits per heavy atom. The van der Waals surface area contributed by atoms with Crippen LogP contribution in [0.5, 0.6) is 0 Å². The molecule has 0 fully saturated rings. The van der Waals surface area contributed by atoms with Gasteiger partial charge >= 0.3 is 12.1 Å². The largest absolute Gasteiger partial charge is 0.481 e. The van der Waals surface area contributed by atoms with Gasteiger partial charge in [0.2, 0.25) is 0 Å². The number of anilines is 1. The molecule has 9 nitrogen and oxygen atoms in total. The molecule has 9 heteroatoms. The predicted molar refractivity (Wildman–Crippen MR) is 130 cm³/mol. The number of carboxylic acids is 1. The lowest BCUT2D eigenvalue weighted by atomic mass is 9.98. The number of ether oxygens (including phenoxy) is 1. The Morgan fingerprint density at radius 1 is 1.09 bits per heavy atom. The SMILES string of the molecule is CCC(CNC(=O)c1cc(NC(=O)OCC2c3ccccc3-c3ccccc32)nn1C)CC(=O)O. The minimum absolute atomic E-state index is 0.0171. The van der Waals surface area contributed by atoms with Crippen molar-refractivity contribution in [2.24, 2.45) is 13.0 Å². The molecule has 35 heavy (non-hydrogen) atoms. The molecule has 1 aromatic heterocycles. The van der Waals surface area contributed by atoms with Crippen molar-refractivity contribution in [2.45, 2.75) is 25.7 Å². The Kier molecular flexibility index (Phi) is 7.14. The first kappa shape index (κ1) is 24.0. The summed E-state index contributed by atoms with van der Waals surface area (Å²) in [5, 5.41) is 18.4. The molecule has 2 aromatic carbocycles. The predicted octanol–water partition coefficient (Wildman–Crippen LogP) is 4.01. The number of fused-ring (bicyclic) bond motifs is 3. The molecule has 0 bridgehead atoms. The van der Waals surface area contributed by atoms with Crippen molar-refractivity contribution in [3.05, 3.63) is 71.4 Å². The van der Waals surface area contributed by atoms with E-state index in [-0.39, 0.29) is 42.9 Å². The van der Waals surface area contributed by atoms with Crippen molar-refractivity contribution in [1.29, 1.82) is 0 Å². The molecule has 3 N–H and O–H groups in total. The molecule has 0 saturated heterocycles. The molecule has 0 radical (unpaired) electrons. The molecule has 0 spiro atoms. The van der Waals surface area contributed by atoms with Crippen molar-refractivity contribution in [2.75, 3.05) is 18.5 Å². The Morgan fingerprint density at radius 2 is 1.71 bits per heavy atom. The molecule has 1 unspecified atom stereocenters. The van der Waals surface area contributed by atoms with Crippen molar-refractivity contribution >= 4 is 23.8 Å². The van der Waals surface area contributed by atoms with Crippen LogP contribution in [0.25, 0.3) is 11.1 Å². The second-order valence-electron chi connectivity index (χ2n) is 8.57. The number of benzene rings is 2. The normalized spacial score (nSPS) is 13.0. The van der Waals surface area contributed by atoms with E-state index in [4.69, 9.17) is 9.84 Å². The van der Waals surface area contributed by atoms with E-state index in [9.17, 15) is 14.4 Å². The molecule has 3 aromatic rings. The maximum atomic E-state index is 12.5. The van der Waals surface area contributed by atoms with Crippen LogP contribution in [0.1, 0.15) is 47.3 Å². The number of rotatable bonds is 9. The smallest absolute Gasteiger partial charge is 0.412 e. The summed E-state index contributed by atoms with van der Waals surface area (Å²) < 4.78 is 6.88. The van der Waals surface area contributed by atoms with Gasteiger partial charge in [0.25, 0.3) is 5.91 Å². The fourth-order valence-corrected chi connectivity index (χ4v) is 4.42. The molecule has 2 amide bonds. The number of carbonyl (C=O) groups excluding carboxylic acids is 2. The van der Waals surface area contributed by atoms with Gasteiger partial charge in [-0.15, -0.1) is 0 Å². The number of hydrogen-bond donors (Lipinski definition) is 3. The highest BCUT2D eigenvalue weighted by molar-refractivity contribution is 5.94. The van der Waals surface area contributed by atoms with Gasteiger partial charge in [0, 0.05) is 32.0 Å². The summed E-state index contributed by atoms with van der Waals surface area (Å²) in [7, 11) is 1.59. The van der Waals surface area contributed by atoms with Crippen molar-refractivity contribution in [1.82, 2.24) is 15.1 Å². The standard InChI is InChI=1S/C26H28N4O5/c1-3-16(12-24(31)32)14-27-25(33)22-13-23(29-30(22)2)28-26(34)35-15-21-19-10-6-4-8-17(19)18-9-5-7-11-20(18)21/h4-11,13,16,21H,3,12,14-15H2,1-2H3,(H,27,33)(H,31,32)(H,28,29,34). The summed E-state index contributed by atoms with van der Waals surface area (Å²) in [6.45, 7) is 2.28. The Hall–Kier alpha value is -4.14. The van der Waals surface area contributed by atoms with Gasteiger partial charge < -0.3 is 15.2 Å². The third kappa shape index (κ3) is 5.34. The van der Waals surface area contributed by atoms with Crippen LogP contribution in [0.15, 0.2) is 54.6 Å². The quantitative estimate of drug-likeness (QED) is 0.429. The minimum Gasteiger partial charge on any atom is -0.481 e. The summed E-state index contributed by atoms with van der Waals surface area (Å²) >= 11 is 0. The fourth-order valence-electron chi connectivity index (χ4n) is 4.42. The minimum atomic E-state index is -0.902. The van der Waals surface area contributed by atoms with Crippen LogP contribution in [0, 0.1) is 5.92 Å². The summed E-state index contributed by atoms with van der Waals surface area (Å²) in [4.78, 5) is 36.0. The average molecular weight is 477 g/mol. The van der Waals surface area contributed by atoms with E-state index in [1.807, 2.05) is 43.3 Å². The zero-order valence-corrected chi connectivity index (χ0v) is 19.7. The molecular formula is C26H28N4O5. The van der Waals surface area contributed by atoms with Gasteiger partial charge in [-0.3, -0.25) is 19.6 Å². The molecule has 0 aliphatic heterocycles. The Bertz CT molecular complexity index is 1210. The highest BCUT2D eigenvalue weighted by Crippen LogP contribution is 2.44. The van der Waals surface area contributed by atoms with Crippen LogP contribution in [-0.2, 0) is 16.6 Å². The van der Waals surface area contributed by atoms with Crippen molar-refractivity contribution in [3.8, 4) is 11.1 Å². The van der Waals surface area contributed by atoms with Crippen LogP contribution in [0.2, 0.25) is 0 Å². The maximum Gasteiger partial charge on any atom is 0.412 e. The average Bonchev–Trinajstić information content (AvgIpc) is 3.37. The summed E-state index contributed by atoms with van der Waals surface area (Å²) in [5.41, 5.74) is 4.76. The lowest BCUT2D eigenvalue weighted by molar-refractivity contribution is -0.138. The van der Waals surface area contributed by atoms with Crippen molar-refractivity contribution in [3.63, 3.8) is 0 Å². The van der Waals surface area contributed by atoms with Gasteiger partial charge in [-0.05, 0) is 28.2 Å². The first-order chi connectivity index (χ1) is 16.9. The lowest BCUT2D eigenvalue weighted by Crippen LogP contribution is -2.31. The van der Waals surface area contributed by atoms with Gasteiger partial charge in [-0.25, -0.2) is 4.79 Å². The number of nitrogens with zero attached hydrogens (tertiary/aromatic N) is 2. The van der Waals surface area contributed by atoms with Gasteiger partial charge in [0.05, 0.1) is 0 Å². The van der Waals surface area contributed by atoms with Gasteiger partial charge in [-0.1, -0.05) is 61.9 Å². The van der Waals surface area contributed by atoms with E-state index in [0.717, 1.165) is 22.3 Å². The molecule has 1 atom stereocenters. The second kappa shape index (κ2) is 10.4. The number of nitrogens with one attached hydrogen (secondary N) is 2. The third-order valence-electron chi connectivity index (χ3n) is 6.28. The number of carbonyl (C=O) groups is 3. The molecule has 1 aliphatic rings. The molecular weight excluding hydrogens is 448 g/mol. The Labute approximate surface area is 203 Å². The molecule has 4 rings (SSSR count). The van der Waals surface area contributed by atoms with Crippen LogP contribution in [0.4, 0.5) is 10.6 Å². The highest BCUT2D eigenvalue weighted by Gasteiger charge is 2.29. The van der Waals surface area contributed by atoms with E-state index >= 15 is 0 Å². The lowest BCUT2D eigenvalue weighted by Gasteiger charge is -2.14. The maximum absolute atomic E-state index is 12.5. The van der Waals surface area contributed by atoms with E-state index < -0.39 is 18.0 Å². The molecule has 1 heterocycles. The van der Waals surface area contributed by atoms with Gasteiger partial charge in [-0.2, -0.15) is 5.10 Å². The molecule has 182 valence electrons. The topological polar surface area (TPSA) is 123 Å². The number of carboxylic acid groups (broad SMARTS) is 1. The number of aromatic nitrogens is 2. The van der Waals surface area contributed by atoms with E-state index in [1.165, 1.54) is 10.7 Å². The van der Waals surface area contributed by atoms with Crippen LogP contribution < -0.4 is 10.6 Å². The first-order valence-electron chi connectivity index (χ1n) is 11.5. The highest BCUT2D eigenvalue weighted by atomic mass is 16.5. The van der Waals surface area contributed by atoms with E-state index in [0.29, 0.717) is 6.42 Å². The number of aliphatic carboxylic acids is 1. The second-order valence-corrected chi connectivity index (χ2v) is 8.57. The third-order valence-corrected chi connectivity index (χ3v) is 6.28.